The molecule has 14 heavy (non-hydrogen) atoms. The number of aromatic nitrogens is 2. The summed E-state index contributed by atoms with van der Waals surface area (Å²) in [7, 11) is 0. The number of hydrogen-bond donors (Lipinski definition) is 0. The van der Waals surface area contributed by atoms with Crippen LogP contribution >= 0.6 is 0 Å². The summed E-state index contributed by atoms with van der Waals surface area (Å²) in [6.07, 6.45) is 3.54. The normalized spacial score (nSPS) is 8.29. The first-order chi connectivity index (χ1) is 5.97. The molecule has 0 saturated heterocycles. The fraction of sp³-hybridized carbons (Fsp3) is 0. The first-order valence-electron chi connectivity index (χ1n) is 3.79. The van der Waals surface area contributed by atoms with Gasteiger partial charge in [0.15, 0.2) is 0 Å². The summed E-state index contributed by atoms with van der Waals surface area (Å²) in [5.74, 6) is 0. The van der Waals surface area contributed by atoms with Gasteiger partial charge in [0.1, 0.15) is 0 Å². The standard InChI is InChI=1S/C10H8N2.2Na.2H/c1-3-7-11-9(5-1)10-6-2-4-8-12-10;;;;/h1-8H;;;;/q;2*+1;2*-1. The molecule has 0 aromatic carbocycles. The molecule has 0 unspecified atom stereocenters. The van der Waals surface area contributed by atoms with Crippen molar-refractivity contribution in [2.75, 3.05) is 0 Å². The van der Waals surface area contributed by atoms with Crippen LogP contribution in [0.25, 0.3) is 11.4 Å². The molecule has 0 amide bonds. The van der Waals surface area contributed by atoms with Crippen LogP contribution in [0.5, 0.6) is 0 Å². The zero-order valence-electron chi connectivity index (χ0n) is 10.5. The molecule has 0 fully saturated rings. The van der Waals surface area contributed by atoms with Crippen LogP contribution in [0.2, 0.25) is 0 Å². The molecule has 0 saturated carbocycles. The van der Waals surface area contributed by atoms with E-state index in [0.717, 1.165) is 11.4 Å². The van der Waals surface area contributed by atoms with Crippen LogP contribution in [0.4, 0.5) is 0 Å². The largest absolute Gasteiger partial charge is 1.00 e. The van der Waals surface area contributed by atoms with Crippen LogP contribution < -0.4 is 59.1 Å². The molecule has 2 nitrogen and oxygen atoms in total. The smallest absolute Gasteiger partial charge is 1.00 e. The fourth-order valence-electron chi connectivity index (χ4n) is 1.03. The van der Waals surface area contributed by atoms with Gasteiger partial charge >= 0.3 is 59.1 Å². The van der Waals surface area contributed by atoms with E-state index in [0.29, 0.717) is 0 Å². The molecular formula is C10H10N2Na2. The molecule has 0 bridgehead atoms. The Hall–Kier alpha value is 0.300. The van der Waals surface area contributed by atoms with E-state index in [1.807, 2.05) is 36.4 Å². The molecular weight excluding hydrogens is 194 g/mol. The fourth-order valence-corrected chi connectivity index (χ4v) is 1.03. The molecule has 62 valence electrons. The average molecular weight is 204 g/mol. The predicted molar refractivity (Wildman–Crippen MR) is 49.7 cm³/mol. The van der Waals surface area contributed by atoms with Crippen LogP contribution in [-0.4, -0.2) is 9.97 Å². The summed E-state index contributed by atoms with van der Waals surface area (Å²) in [5.41, 5.74) is 1.83. The van der Waals surface area contributed by atoms with E-state index in [4.69, 9.17) is 0 Å². The molecule has 0 N–H and O–H groups in total. The SMILES string of the molecule is [H-].[H-].[Na+].[Na+].c1ccc(-c2ccccn2)nc1. The van der Waals surface area contributed by atoms with Gasteiger partial charge in [-0.2, -0.15) is 0 Å². The van der Waals surface area contributed by atoms with Gasteiger partial charge in [0.05, 0.1) is 11.4 Å². The van der Waals surface area contributed by atoms with Crippen molar-refractivity contribution in [2.45, 2.75) is 0 Å². The molecule has 2 rings (SSSR count). The third-order valence-electron chi connectivity index (χ3n) is 1.59. The Labute approximate surface area is 131 Å². The van der Waals surface area contributed by atoms with Crippen molar-refractivity contribution in [1.29, 1.82) is 0 Å². The second kappa shape index (κ2) is 7.57. The second-order valence-corrected chi connectivity index (χ2v) is 2.43. The van der Waals surface area contributed by atoms with Crippen LogP contribution in [0.15, 0.2) is 48.8 Å². The van der Waals surface area contributed by atoms with Crippen LogP contribution in [0.1, 0.15) is 2.85 Å². The van der Waals surface area contributed by atoms with Crippen LogP contribution in [0, 0.1) is 0 Å². The van der Waals surface area contributed by atoms with Crippen molar-refractivity contribution < 1.29 is 62.0 Å². The summed E-state index contributed by atoms with van der Waals surface area (Å²) in [6, 6.07) is 11.6. The molecule has 0 aliphatic carbocycles. The minimum absolute atomic E-state index is 0. The molecule has 2 heterocycles. The van der Waals surface area contributed by atoms with Gasteiger partial charge in [0, 0.05) is 12.4 Å². The Kier molecular flexibility index (Phi) is 7.74. The van der Waals surface area contributed by atoms with E-state index in [2.05, 4.69) is 9.97 Å². The quantitative estimate of drug-likeness (QED) is 0.448. The topological polar surface area (TPSA) is 25.8 Å². The van der Waals surface area contributed by atoms with E-state index in [-0.39, 0.29) is 62.0 Å². The van der Waals surface area contributed by atoms with Crippen molar-refractivity contribution >= 4 is 0 Å². The van der Waals surface area contributed by atoms with E-state index in [1.165, 1.54) is 0 Å². The van der Waals surface area contributed by atoms with Crippen molar-refractivity contribution in [2.24, 2.45) is 0 Å². The average Bonchev–Trinajstić information content (AvgIpc) is 2.21. The van der Waals surface area contributed by atoms with Gasteiger partial charge in [-0.1, -0.05) is 12.1 Å². The molecule has 4 heteroatoms. The zero-order chi connectivity index (χ0) is 8.23. The first-order valence-corrected chi connectivity index (χ1v) is 3.79. The van der Waals surface area contributed by atoms with Gasteiger partial charge in [0.25, 0.3) is 0 Å². The molecule has 0 radical (unpaired) electrons. The van der Waals surface area contributed by atoms with E-state index >= 15 is 0 Å². The van der Waals surface area contributed by atoms with Gasteiger partial charge in [0.2, 0.25) is 0 Å². The molecule has 2 aromatic heterocycles. The van der Waals surface area contributed by atoms with Gasteiger partial charge in [-0.3, -0.25) is 9.97 Å². The van der Waals surface area contributed by atoms with Gasteiger partial charge in [-0.05, 0) is 24.3 Å². The summed E-state index contributed by atoms with van der Waals surface area (Å²) in [4.78, 5) is 8.37. The third-order valence-corrected chi connectivity index (χ3v) is 1.59. The minimum Gasteiger partial charge on any atom is -1.00 e. The monoisotopic (exact) mass is 204 g/mol. The molecule has 2 aromatic rings. The zero-order valence-corrected chi connectivity index (χ0v) is 12.5. The van der Waals surface area contributed by atoms with E-state index in [9.17, 15) is 0 Å². The maximum Gasteiger partial charge on any atom is 1.00 e. The van der Waals surface area contributed by atoms with Crippen molar-refractivity contribution in [1.82, 2.24) is 9.97 Å². The van der Waals surface area contributed by atoms with Crippen LogP contribution in [-0.2, 0) is 0 Å². The number of nitrogens with zero attached hydrogens (tertiary/aromatic N) is 2. The summed E-state index contributed by atoms with van der Waals surface area (Å²) in [5, 5.41) is 0. The number of rotatable bonds is 1. The maximum atomic E-state index is 4.19. The third kappa shape index (κ3) is 3.81. The molecule has 0 atom stereocenters. The van der Waals surface area contributed by atoms with E-state index in [1.54, 1.807) is 12.4 Å². The summed E-state index contributed by atoms with van der Waals surface area (Å²) < 4.78 is 0. The Morgan fingerprint density at radius 2 is 1.14 bits per heavy atom. The van der Waals surface area contributed by atoms with Crippen molar-refractivity contribution in [3.63, 3.8) is 0 Å². The van der Waals surface area contributed by atoms with Crippen molar-refractivity contribution in [3.05, 3.63) is 48.8 Å². The number of hydrogen-bond acceptors (Lipinski definition) is 2. The Morgan fingerprint density at radius 3 is 1.43 bits per heavy atom. The Balaban J connectivity index is -0.000000422. The van der Waals surface area contributed by atoms with Gasteiger partial charge in [-0.15, -0.1) is 0 Å². The Bertz CT molecular complexity index is 322. The molecule has 0 aliphatic rings. The summed E-state index contributed by atoms with van der Waals surface area (Å²) >= 11 is 0. The van der Waals surface area contributed by atoms with Gasteiger partial charge in [-0.25, -0.2) is 0 Å². The number of pyridine rings is 2. The minimum atomic E-state index is 0. The van der Waals surface area contributed by atoms with Crippen molar-refractivity contribution in [3.8, 4) is 11.4 Å². The Morgan fingerprint density at radius 1 is 0.714 bits per heavy atom. The van der Waals surface area contributed by atoms with E-state index < -0.39 is 0 Å². The molecule has 0 aliphatic heterocycles. The molecule has 0 spiro atoms. The predicted octanol–water partition coefficient (Wildman–Crippen LogP) is -3.62. The second-order valence-electron chi connectivity index (χ2n) is 2.43. The first kappa shape index (κ1) is 14.3. The maximum absolute atomic E-state index is 4.19. The van der Waals surface area contributed by atoms with Crippen LogP contribution in [0.3, 0.4) is 0 Å². The summed E-state index contributed by atoms with van der Waals surface area (Å²) in [6.45, 7) is 0. The van der Waals surface area contributed by atoms with Gasteiger partial charge < -0.3 is 2.85 Å².